The van der Waals surface area contributed by atoms with Crippen LogP contribution in [0.1, 0.15) is 24.4 Å². The van der Waals surface area contributed by atoms with Gasteiger partial charge in [0.15, 0.2) is 0 Å². The van der Waals surface area contributed by atoms with Crippen molar-refractivity contribution in [2.75, 3.05) is 24.4 Å². The predicted octanol–water partition coefficient (Wildman–Crippen LogP) is 4.41. The van der Waals surface area contributed by atoms with Crippen LogP contribution < -0.4 is 19.7 Å². The molecule has 2 atom stereocenters. The van der Waals surface area contributed by atoms with Gasteiger partial charge in [0.1, 0.15) is 24.2 Å². The lowest BCUT2D eigenvalue weighted by Crippen LogP contribution is -2.47. The number of benzene rings is 3. The summed E-state index contributed by atoms with van der Waals surface area (Å²) in [6.07, 6.45) is 3.74. The van der Waals surface area contributed by atoms with E-state index in [0.29, 0.717) is 29.3 Å². The Morgan fingerprint density at radius 2 is 1.68 bits per heavy atom. The molecule has 1 aliphatic heterocycles. The second kappa shape index (κ2) is 10.5. The van der Waals surface area contributed by atoms with Gasteiger partial charge in [-0.3, -0.25) is 9.59 Å². The zero-order valence-corrected chi connectivity index (χ0v) is 20.6. The predicted molar refractivity (Wildman–Crippen MR) is 139 cm³/mol. The number of ether oxygens (including phenoxy) is 2. The van der Waals surface area contributed by atoms with Gasteiger partial charge >= 0.3 is 0 Å². The second-order valence-electron chi connectivity index (χ2n) is 8.67. The molecule has 9 heteroatoms. The highest BCUT2D eigenvalue weighted by molar-refractivity contribution is 6.00. The van der Waals surface area contributed by atoms with Crippen molar-refractivity contribution < 1.29 is 19.1 Å². The first-order chi connectivity index (χ1) is 18.1. The number of carbonyl (C=O) groups is 2. The van der Waals surface area contributed by atoms with Crippen molar-refractivity contribution in [3.05, 3.63) is 91.0 Å². The molecule has 1 saturated heterocycles. The fourth-order valence-electron chi connectivity index (χ4n) is 4.75. The molecule has 0 spiro atoms. The summed E-state index contributed by atoms with van der Waals surface area (Å²) in [5.41, 5.74) is 2.95. The SMILES string of the molecule is COc1ccc(N2C(=O)CC[C@@H](C(=O)Nc3ccc(-n4cncn4)cc3)[C@H]2c2ccccc2OC)cc1. The topological polar surface area (TPSA) is 98.6 Å². The Balaban J connectivity index is 1.49. The Kier molecular flexibility index (Phi) is 6.85. The van der Waals surface area contributed by atoms with Gasteiger partial charge in [-0.1, -0.05) is 18.2 Å². The van der Waals surface area contributed by atoms with Crippen LogP contribution in [-0.2, 0) is 9.59 Å². The Labute approximate surface area is 214 Å². The van der Waals surface area contributed by atoms with E-state index < -0.39 is 12.0 Å². The lowest BCUT2D eigenvalue weighted by Gasteiger charge is -2.41. The molecule has 9 nitrogen and oxygen atoms in total. The minimum absolute atomic E-state index is 0.0534. The van der Waals surface area contributed by atoms with Gasteiger partial charge < -0.3 is 19.7 Å². The van der Waals surface area contributed by atoms with Crippen LogP contribution in [-0.4, -0.2) is 40.8 Å². The summed E-state index contributed by atoms with van der Waals surface area (Å²) in [6.45, 7) is 0. The number of methoxy groups -OCH3 is 2. The Bertz CT molecular complexity index is 1370. The van der Waals surface area contributed by atoms with Crippen molar-refractivity contribution in [1.29, 1.82) is 0 Å². The minimum atomic E-state index is -0.555. The monoisotopic (exact) mass is 497 g/mol. The van der Waals surface area contributed by atoms with E-state index in [1.54, 1.807) is 30.1 Å². The maximum absolute atomic E-state index is 13.7. The average Bonchev–Trinajstić information content (AvgIpc) is 3.48. The molecule has 1 aliphatic rings. The standard InChI is InChI=1S/C28H27N5O4/c1-36-22-13-11-21(12-14-22)33-26(34)16-15-24(27(33)23-5-3-4-6-25(23)37-2)28(35)31-19-7-9-20(10-8-19)32-18-29-17-30-32/h3-14,17-18,24,27H,15-16H2,1-2H3,(H,31,35)/t24-,27-/m1/s1. The summed E-state index contributed by atoms with van der Waals surface area (Å²) in [7, 11) is 3.19. The van der Waals surface area contributed by atoms with E-state index in [2.05, 4.69) is 15.4 Å². The van der Waals surface area contributed by atoms with Crippen molar-refractivity contribution in [3.63, 3.8) is 0 Å². The Hall–Kier alpha value is -4.66. The number of carbonyl (C=O) groups excluding carboxylic acids is 2. The first-order valence-electron chi connectivity index (χ1n) is 11.9. The van der Waals surface area contributed by atoms with Crippen LogP contribution in [0.25, 0.3) is 5.69 Å². The average molecular weight is 498 g/mol. The largest absolute Gasteiger partial charge is 0.497 e. The molecule has 0 aliphatic carbocycles. The molecule has 2 heterocycles. The maximum Gasteiger partial charge on any atom is 0.229 e. The molecule has 1 aromatic heterocycles. The summed E-state index contributed by atoms with van der Waals surface area (Å²) in [6, 6.07) is 21.6. The van der Waals surface area contributed by atoms with E-state index in [9.17, 15) is 9.59 Å². The molecule has 0 radical (unpaired) electrons. The molecule has 37 heavy (non-hydrogen) atoms. The summed E-state index contributed by atoms with van der Waals surface area (Å²) in [5, 5.41) is 7.17. The van der Waals surface area contributed by atoms with E-state index in [0.717, 1.165) is 11.3 Å². The number of para-hydroxylation sites is 1. The van der Waals surface area contributed by atoms with Gasteiger partial charge in [-0.15, -0.1) is 0 Å². The number of hydrogen-bond acceptors (Lipinski definition) is 6. The van der Waals surface area contributed by atoms with Gasteiger partial charge in [-0.25, -0.2) is 9.67 Å². The number of nitrogens with one attached hydrogen (secondary N) is 1. The molecule has 4 aromatic rings. The van der Waals surface area contributed by atoms with Crippen molar-refractivity contribution in [3.8, 4) is 17.2 Å². The number of nitrogens with zero attached hydrogens (tertiary/aromatic N) is 4. The van der Waals surface area contributed by atoms with Crippen molar-refractivity contribution in [1.82, 2.24) is 14.8 Å². The molecule has 0 bridgehead atoms. The third-order valence-corrected chi connectivity index (χ3v) is 6.56. The van der Waals surface area contributed by atoms with Crippen molar-refractivity contribution >= 4 is 23.2 Å². The van der Waals surface area contributed by atoms with E-state index >= 15 is 0 Å². The molecular weight excluding hydrogens is 470 g/mol. The molecule has 0 saturated carbocycles. The van der Waals surface area contributed by atoms with Crippen molar-refractivity contribution in [2.45, 2.75) is 18.9 Å². The zero-order chi connectivity index (χ0) is 25.8. The third kappa shape index (κ3) is 4.88. The van der Waals surface area contributed by atoms with Gasteiger partial charge in [0.2, 0.25) is 11.8 Å². The number of piperidine rings is 1. The van der Waals surface area contributed by atoms with E-state index in [-0.39, 0.29) is 18.2 Å². The molecular formula is C28H27N5O4. The van der Waals surface area contributed by atoms with Crippen LogP contribution in [0, 0.1) is 5.92 Å². The number of amides is 2. The van der Waals surface area contributed by atoms with Crippen LogP contribution >= 0.6 is 0 Å². The fraction of sp³-hybridized carbons (Fsp3) is 0.214. The highest BCUT2D eigenvalue weighted by Gasteiger charge is 2.42. The third-order valence-electron chi connectivity index (χ3n) is 6.56. The van der Waals surface area contributed by atoms with Crippen LogP contribution in [0.4, 0.5) is 11.4 Å². The first-order valence-corrected chi connectivity index (χ1v) is 11.9. The summed E-state index contributed by atoms with van der Waals surface area (Å²) in [4.78, 5) is 32.7. The van der Waals surface area contributed by atoms with Crippen molar-refractivity contribution in [2.24, 2.45) is 5.92 Å². The molecule has 1 N–H and O–H groups in total. The number of aromatic nitrogens is 3. The van der Waals surface area contributed by atoms with E-state index in [4.69, 9.17) is 9.47 Å². The lowest BCUT2D eigenvalue weighted by atomic mass is 9.82. The van der Waals surface area contributed by atoms with Gasteiger partial charge in [0.25, 0.3) is 0 Å². The summed E-state index contributed by atoms with van der Waals surface area (Å²) >= 11 is 0. The van der Waals surface area contributed by atoms with Gasteiger partial charge in [-0.2, -0.15) is 5.10 Å². The molecule has 1 fully saturated rings. The zero-order valence-electron chi connectivity index (χ0n) is 20.6. The summed E-state index contributed by atoms with van der Waals surface area (Å²) in [5.74, 6) is 0.574. The Morgan fingerprint density at radius 1 is 0.946 bits per heavy atom. The number of rotatable bonds is 7. The highest BCUT2D eigenvalue weighted by atomic mass is 16.5. The fourth-order valence-corrected chi connectivity index (χ4v) is 4.75. The molecule has 2 amide bonds. The molecule has 5 rings (SSSR count). The normalized spacial score (nSPS) is 17.4. The molecule has 3 aromatic carbocycles. The number of anilines is 2. The maximum atomic E-state index is 13.7. The minimum Gasteiger partial charge on any atom is -0.497 e. The van der Waals surface area contributed by atoms with Crippen LogP contribution in [0.2, 0.25) is 0 Å². The van der Waals surface area contributed by atoms with Crippen LogP contribution in [0.15, 0.2) is 85.5 Å². The number of hydrogen-bond donors (Lipinski definition) is 1. The van der Waals surface area contributed by atoms with E-state index in [1.165, 1.54) is 6.33 Å². The lowest BCUT2D eigenvalue weighted by molar-refractivity contribution is -0.125. The Morgan fingerprint density at radius 3 is 2.35 bits per heavy atom. The molecule has 0 unspecified atom stereocenters. The van der Waals surface area contributed by atoms with Gasteiger partial charge in [-0.05, 0) is 61.0 Å². The van der Waals surface area contributed by atoms with Crippen LogP contribution in [0.5, 0.6) is 11.5 Å². The highest BCUT2D eigenvalue weighted by Crippen LogP contribution is 2.43. The molecule has 188 valence electrons. The second-order valence-corrected chi connectivity index (χ2v) is 8.67. The van der Waals surface area contributed by atoms with Crippen LogP contribution in [0.3, 0.4) is 0 Å². The summed E-state index contributed by atoms with van der Waals surface area (Å²) < 4.78 is 12.6. The first kappa shape index (κ1) is 24.1. The van der Waals surface area contributed by atoms with E-state index in [1.807, 2.05) is 72.8 Å². The smallest absolute Gasteiger partial charge is 0.229 e. The van der Waals surface area contributed by atoms with Gasteiger partial charge in [0, 0.05) is 23.4 Å². The quantitative estimate of drug-likeness (QED) is 0.406. The van der Waals surface area contributed by atoms with Gasteiger partial charge in [0.05, 0.1) is 31.9 Å².